The van der Waals surface area contributed by atoms with Gasteiger partial charge in [-0.15, -0.1) is 0 Å². The van der Waals surface area contributed by atoms with Crippen LogP contribution in [0.5, 0.6) is 0 Å². The van der Waals surface area contributed by atoms with E-state index in [1.165, 1.54) is 6.92 Å². The lowest BCUT2D eigenvalue weighted by molar-refractivity contribution is -0.174. The summed E-state index contributed by atoms with van der Waals surface area (Å²) < 4.78 is 36.1. The molecule has 0 radical (unpaired) electrons. The predicted molar refractivity (Wildman–Crippen MR) is 57.0 cm³/mol. The molecular weight excluding hydrogens is 233 g/mol. The van der Waals surface area contributed by atoms with Crippen LogP contribution in [-0.2, 0) is 4.79 Å². The van der Waals surface area contributed by atoms with Crippen LogP contribution in [0.4, 0.5) is 13.2 Å². The van der Waals surface area contributed by atoms with E-state index in [2.05, 4.69) is 0 Å². The van der Waals surface area contributed by atoms with E-state index in [0.717, 1.165) is 0 Å². The lowest BCUT2D eigenvalue weighted by Gasteiger charge is -2.22. The Hall–Kier alpha value is -1.56. The van der Waals surface area contributed by atoms with Gasteiger partial charge in [0.15, 0.2) is 0 Å². The van der Waals surface area contributed by atoms with Crippen LogP contribution in [0.25, 0.3) is 0 Å². The summed E-state index contributed by atoms with van der Waals surface area (Å²) in [6.45, 7) is 1.43. The maximum Gasteiger partial charge on any atom is 0.471 e. The maximum atomic E-state index is 12.0. The summed E-state index contributed by atoms with van der Waals surface area (Å²) in [6.07, 6.45) is -4.88. The molecule has 0 bridgehead atoms. The molecule has 0 unspecified atom stereocenters. The van der Waals surface area contributed by atoms with Crippen molar-refractivity contribution in [3.63, 3.8) is 0 Å². The van der Waals surface area contributed by atoms with Crippen molar-refractivity contribution < 1.29 is 18.0 Å². The van der Waals surface area contributed by atoms with Gasteiger partial charge in [-0.2, -0.15) is 13.2 Å². The van der Waals surface area contributed by atoms with Crippen molar-refractivity contribution in [1.82, 2.24) is 5.32 Å². The highest BCUT2D eigenvalue weighted by molar-refractivity contribution is 5.82. The molecule has 2 atom stereocenters. The molecule has 0 saturated carbocycles. The van der Waals surface area contributed by atoms with E-state index in [-0.39, 0.29) is 0 Å². The third-order valence-corrected chi connectivity index (χ3v) is 2.34. The molecular formula is C11H13F3N2O. The molecule has 94 valence electrons. The third kappa shape index (κ3) is 3.74. The summed E-state index contributed by atoms with van der Waals surface area (Å²) >= 11 is 0. The van der Waals surface area contributed by atoms with Crippen molar-refractivity contribution in [3.8, 4) is 0 Å². The molecule has 1 amide bonds. The maximum absolute atomic E-state index is 12.0. The predicted octanol–water partition coefficient (Wildman–Crippen LogP) is 1.75. The Kier molecular flexibility index (Phi) is 4.11. The van der Waals surface area contributed by atoms with Gasteiger partial charge >= 0.3 is 12.1 Å². The van der Waals surface area contributed by atoms with Crippen molar-refractivity contribution in [2.75, 3.05) is 0 Å². The van der Waals surface area contributed by atoms with Crippen molar-refractivity contribution in [3.05, 3.63) is 35.9 Å². The lowest BCUT2D eigenvalue weighted by Crippen LogP contribution is -2.46. The van der Waals surface area contributed by atoms with Crippen LogP contribution in [0.1, 0.15) is 18.5 Å². The highest BCUT2D eigenvalue weighted by Crippen LogP contribution is 2.17. The minimum absolute atomic E-state index is 0.669. The second kappa shape index (κ2) is 5.18. The van der Waals surface area contributed by atoms with Crippen LogP contribution in [-0.4, -0.2) is 18.1 Å². The summed E-state index contributed by atoms with van der Waals surface area (Å²) in [7, 11) is 0. The molecule has 6 heteroatoms. The molecule has 0 aliphatic carbocycles. The van der Waals surface area contributed by atoms with Crippen LogP contribution in [0, 0.1) is 0 Å². The molecule has 0 heterocycles. The molecule has 0 fully saturated rings. The number of halogens is 3. The molecule has 3 nitrogen and oxygen atoms in total. The molecule has 0 spiro atoms. The average molecular weight is 246 g/mol. The van der Waals surface area contributed by atoms with Gasteiger partial charge in [-0.25, -0.2) is 0 Å². The second-order valence-corrected chi connectivity index (χ2v) is 3.70. The number of rotatable bonds is 3. The van der Waals surface area contributed by atoms with Gasteiger partial charge in [-0.3, -0.25) is 4.79 Å². The molecule has 17 heavy (non-hydrogen) atoms. The summed E-state index contributed by atoms with van der Waals surface area (Å²) in [5, 5.41) is 1.83. The number of hydrogen-bond donors (Lipinski definition) is 2. The highest BCUT2D eigenvalue weighted by atomic mass is 19.4. The number of benzene rings is 1. The molecule has 0 aromatic heterocycles. The fourth-order valence-electron chi connectivity index (χ4n) is 1.34. The van der Waals surface area contributed by atoms with Crippen LogP contribution in [0.15, 0.2) is 30.3 Å². The van der Waals surface area contributed by atoms with E-state index in [0.29, 0.717) is 5.56 Å². The molecule has 1 aromatic rings. The van der Waals surface area contributed by atoms with E-state index in [4.69, 9.17) is 5.73 Å². The molecule has 0 aliphatic heterocycles. The molecule has 1 rings (SSSR count). The van der Waals surface area contributed by atoms with Gasteiger partial charge in [0.1, 0.15) is 0 Å². The Bertz CT molecular complexity index is 378. The van der Waals surface area contributed by atoms with Crippen molar-refractivity contribution in [1.29, 1.82) is 0 Å². The smallest absolute Gasteiger partial charge is 0.344 e. The quantitative estimate of drug-likeness (QED) is 0.853. The zero-order chi connectivity index (χ0) is 13.1. The van der Waals surface area contributed by atoms with Gasteiger partial charge in [-0.05, 0) is 12.5 Å². The molecule has 0 saturated heterocycles. The summed E-state index contributed by atoms with van der Waals surface area (Å²) in [6, 6.07) is 7.15. The van der Waals surface area contributed by atoms with Crippen molar-refractivity contribution in [2.24, 2.45) is 5.73 Å². The van der Waals surface area contributed by atoms with E-state index >= 15 is 0 Å². The van der Waals surface area contributed by atoms with Crippen molar-refractivity contribution in [2.45, 2.75) is 25.2 Å². The Balaban J connectivity index is 2.66. The Morgan fingerprint density at radius 1 is 1.29 bits per heavy atom. The Labute approximate surface area is 96.8 Å². The van der Waals surface area contributed by atoms with Crippen molar-refractivity contribution >= 4 is 5.91 Å². The van der Waals surface area contributed by atoms with Gasteiger partial charge < -0.3 is 11.1 Å². The molecule has 0 aliphatic rings. The Morgan fingerprint density at radius 3 is 2.29 bits per heavy atom. The number of nitrogens with two attached hydrogens (primary N) is 1. The lowest BCUT2D eigenvalue weighted by atomic mass is 10.0. The number of hydrogen-bond acceptors (Lipinski definition) is 2. The largest absolute Gasteiger partial charge is 0.471 e. The van der Waals surface area contributed by atoms with Gasteiger partial charge in [0.25, 0.3) is 0 Å². The first-order valence-corrected chi connectivity index (χ1v) is 5.00. The van der Waals surface area contributed by atoms with E-state index in [1.807, 2.05) is 5.32 Å². The fraction of sp³-hybridized carbons (Fsp3) is 0.364. The number of carbonyl (C=O) groups excluding carboxylic acids is 1. The first-order valence-electron chi connectivity index (χ1n) is 5.00. The topological polar surface area (TPSA) is 55.1 Å². The van der Waals surface area contributed by atoms with E-state index < -0.39 is 24.2 Å². The molecule has 1 aromatic carbocycles. The van der Waals surface area contributed by atoms with E-state index in [9.17, 15) is 18.0 Å². The fourth-order valence-corrected chi connectivity index (χ4v) is 1.34. The number of alkyl halides is 3. The summed E-state index contributed by atoms with van der Waals surface area (Å²) in [4.78, 5) is 10.7. The van der Waals surface area contributed by atoms with Crippen LogP contribution >= 0.6 is 0 Å². The first-order chi connectivity index (χ1) is 7.82. The first kappa shape index (κ1) is 13.5. The van der Waals surface area contributed by atoms with E-state index in [1.54, 1.807) is 30.3 Å². The van der Waals surface area contributed by atoms with Gasteiger partial charge in [0.2, 0.25) is 0 Å². The third-order valence-electron chi connectivity index (χ3n) is 2.34. The van der Waals surface area contributed by atoms with Gasteiger partial charge in [-0.1, -0.05) is 30.3 Å². The summed E-state index contributed by atoms with van der Waals surface area (Å²) in [5.41, 5.74) is 6.42. The van der Waals surface area contributed by atoms with Crippen LogP contribution in [0.2, 0.25) is 0 Å². The highest BCUT2D eigenvalue weighted by Gasteiger charge is 2.39. The number of amides is 1. The average Bonchev–Trinajstić information content (AvgIpc) is 2.27. The zero-order valence-corrected chi connectivity index (χ0v) is 9.16. The monoisotopic (exact) mass is 246 g/mol. The van der Waals surface area contributed by atoms with Crippen LogP contribution in [0.3, 0.4) is 0 Å². The number of carbonyl (C=O) groups is 1. The molecule has 3 N–H and O–H groups in total. The minimum Gasteiger partial charge on any atom is -0.344 e. The zero-order valence-electron chi connectivity index (χ0n) is 9.16. The van der Waals surface area contributed by atoms with Gasteiger partial charge in [0.05, 0.1) is 0 Å². The normalized spacial score (nSPS) is 15.1. The second-order valence-electron chi connectivity index (χ2n) is 3.70. The standard InChI is InChI=1S/C11H13F3N2O/c1-7(16-10(17)11(12,13)14)9(15)8-5-3-2-4-6-8/h2-7,9H,15H2,1H3,(H,16,17)/t7-,9+/m1/s1. The SMILES string of the molecule is C[C@@H](NC(=O)C(F)(F)F)[C@H](N)c1ccccc1. The Morgan fingerprint density at radius 2 is 1.82 bits per heavy atom. The minimum atomic E-state index is -4.88. The van der Waals surface area contributed by atoms with Gasteiger partial charge in [0, 0.05) is 12.1 Å². The van der Waals surface area contributed by atoms with Crippen LogP contribution < -0.4 is 11.1 Å². The number of nitrogens with one attached hydrogen (secondary N) is 1. The summed E-state index contributed by atoms with van der Waals surface area (Å²) in [5.74, 6) is -1.98.